The number of aromatic nitrogens is 1. The number of oxazole rings is 1. The Morgan fingerprint density at radius 1 is 1.09 bits per heavy atom. The van der Waals surface area contributed by atoms with Gasteiger partial charge in [-0.1, -0.05) is 42.5 Å². The van der Waals surface area contributed by atoms with Gasteiger partial charge in [0.05, 0.1) is 12.6 Å². The van der Waals surface area contributed by atoms with E-state index in [2.05, 4.69) is 33.6 Å². The first-order valence-electron chi connectivity index (χ1n) is 10.8. The van der Waals surface area contributed by atoms with E-state index in [0.717, 1.165) is 11.1 Å². The maximum absolute atomic E-state index is 13.3. The number of hydrogen-bond acceptors (Lipinski definition) is 5. The lowest BCUT2D eigenvalue weighted by molar-refractivity contribution is 0.0934. The van der Waals surface area contributed by atoms with Gasteiger partial charge in [-0.2, -0.15) is 0 Å². The molecule has 1 N–H and O–H groups in total. The molecule has 2 aromatic carbocycles. The van der Waals surface area contributed by atoms with E-state index < -0.39 is 0 Å². The summed E-state index contributed by atoms with van der Waals surface area (Å²) >= 11 is 1.70. The first-order chi connectivity index (χ1) is 16.0. The van der Waals surface area contributed by atoms with Crippen molar-refractivity contribution in [3.63, 3.8) is 0 Å². The molecule has 0 unspecified atom stereocenters. The van der Waals surface area contributed by atoms with Crippen LogP contribution in [0, 0.1) is 12.7 Å². The van der Waals surface area contributed by atoms with Crippen molar-refractivity contribution in [2.75, 3.05) is 0 Å². The van der Waals surface area contributed by atoms with Crippen molar-refractivity contribution in [2.45, 2.75) is 39.5 Å². The van der Waals surface area contributed by atoms with Crippen LogP contribution < -0.4 is 5.32 Å². The first-order valence-corrected chi connectivity index (χ1v) is 11.7. The van der Waals surface area contributed by atoms with Gasteiger partial charge in [0.25, 0.3) is 5.91 Å². The van der Waals surface area contributed by atoms with E-state index >= 15 is 0 Å². The summed E-state index contributed by atoms with van der Waals surface area (Å²) in [6.07, 6.45) is 1.40. The zero-order valence-corrected chi connectivity index (χ0v) is 19.4. The lowest BCUT2D eigenvalue weighted by Gasteiger charge is -2.20. The molecule has 2 aromatic heterocycles. The van der Waals surface area contributed by atoms with Crippen molar-refractivity contribution < 1.29 is 13.6 Å². The van der Waals surface area contributed by atoms with Crippen molar-refractivity contribution in [1.82, 2.24) is 15.2 Å². The fourth-order valence-corrected chi connectivity index (χ4v) is 4.51. The average Bonchev–Trinajstić information content (AvgIpc) is 3.45. The van der Waals surface area contributed by atoms with Crippen LogP contribution in [-0.4, -0.2) is 15.8 Å². The molecule has 1 atom stereocenters. The third kappa shape index (κ3) is 6.15. The van der Waals surface area contributed by atoms with Crippen LogP contribution >= 0.6 is 11.3 Å². The number of halogens is 1. The molecule has 0 fully saturated rings. The highest BCUT2D eigenvalue weighted by molar-refractivity contribution is 7.10. The maximum atomic E-state index is 13.3. The van der Waals surface area contributed by atoms with E-state index in [-0.39, 0.29) is 23.5 Å². The second-order valence-corrected chi connectivity index (χ2v) is 9.03. The number of nitrogens with zero attached hydrogens (tertiary/aromatic N) is 2. The van der Waals surface area contributed by atoms with Gasteiger partial charge in [0, 0.05) is 18.0 Å². The summed E-state index contributed by atoms with van der Waals surface area (Å²) in [7, 11) is 0. The summed E-state index contributed by atoms with van der Waals surface area (Å²) in [5.74, 6) is -0.0724. The second-order valence-electron chi connectivity index (χ2n) is 8.03. The lowest BCUT2D eigenvalue weighted by atomic mass is 10.1. The standard InChI is InChI=1S/C26H26FN3O2S/c1-18-12-13-33-24(18)15-30(14-20-8-10-22(27)11-9-20)16-25-29-23(17-32-25)26(31)28-19(2)21-6-4-3-5-7-21/h3-13,17,19H,14-16H2,1-2H3,(H,28,31)/t19-/m0/s1. The number of carbonyl (C=O) groups is 1. The van der Waals surface area contributed by atoms with Crippen molar-refractivity contribution in [3.05, 3.63) is 111 Å². The summed E-state index contributed by atoms with van der Waals surface area (Å²) in [5, 5.41) is 5.03. The molecule has 0 aliphatic carbocycles. The number of benzene rings is 2. The zero-order chi connectivity index (χ0) is 23.2. The van der Waals surface area contributed by atoms with Crippen molar-refractivity contribution in [2.24, 2.45) is 0 Å². The number of rotatable bonds is 9. The monoisotopic (exact) mass is 463 g/mol. The van der Waals surface area contributed by atoms with Gasteiger partial charge in [-0.25, -0.2) is 9.37 Å². The molecule has 4 rings (SSSR count). The molecule has 0 saturated carbocycles. The van der Waals surface area contributed by atoms with Crippen LogP contribution in [0.15, 0.2) is 76.7 Å². The Bertz CT molecular complexity index is 1190. The Morgan fingerprint density at radius 3 is 2.55 bits per heavy atom. The molecule has 1 amide bonds. The average molecular weight is 464 g/mol. The molecule has 170 valence electrons. The highest BCUT2D eigenvalue weighted by atomic mass is 32.1. The normalized spacial score (nSPS) is 12.1. The Hall–Kier alpha value is -3.29. The van der Waals surface area contributed by atoms with E-state index in [4.69, 9.17) is 4.42 Å². The summed E-state index contributed by atoms with van der Waals surface area (Å²) in [5.41, 5.74) is 3.49. The molecular formula is C26H26FN3O2S. The van der Waals surface area contributed by atoms with Gasteiger partial charge in [0.2, 0.25) is 5.89 Å². The molecule has 0 aliphatic rings. The predicted molar refractivity (Wildman–Crippen MR) is 127 cm³/mol. The third-order valence-electron chi connectivity index (χ3n) is 5.45. The topological polar surface area (TPSA) is 58.4 Å². The number of carbonyl (C=O) groups excluding carboxylic acids is 1. The van der Waals surface area contributed by atoms with Crippen LogP contribution in [-0.2, 0) is 19.6 Å². The lowest BCUT2D eigenvalue weighted by Crippen LogP contribution is -2.27. The van der Waals surface area contributed by atoms with E-state index in [0.29, 0.717) is 25.5 Å². The second kappa shape index (κ2) is 10.6. The Morgan fingerprint density at radius 2 is 1.85 bits per heavy atom. The summed E-state index contributed by atoms with van der Waals surface area (Å²) in [6, 6.07) is 18.2. The molecular weight excluding hydrogens is 437 g/mol. The molecule has 0 saturated heterocycles. The van der Waals surface area contributed by atoms with Gasteiger partial charge in [-0.05, 0) is 54.1 Å². The smallest absolute Gasteiger partial charge is 0.273 e. The molecule has 2 heterocycles. The quantitative estimate of drug-likeness (QED) is 0.337. The van der Waals surface area contributed by atoms with Crippen LogP contribution in [0.25, 0.3) is 0 Å². The Labute approximate surface area is 196 Å². The van der Waals surface area contributed by atoms with Gasteiger partial charge >= 0.3 is 0 Å². The highest BCUT2D eigenvalue weighted by Crippen LogP contribution is 2.21. The maximum Gasteiger partial charge on any atom is 0.273 e. The summed E-state index contributed by atoms with van der Waals surface area (Å²) < 4.78 is 19.0. The Balaban J connectivity index is 1.45. The molecule has 33 heavy (non-hydrogen) atoms. The fraction of sp³-hybridized carbons (Fsp3) is 0.231. The highest BCUT2D eigenvalue weighted by Gasteiger charge is 2.18. The molecule has 5 nitrogen and oxygen atoms in total. The van der Waals surface area contributed by atoms with E-state index in [1.54, 1.807) is 23.5 Å². The number of thiophene rings is 1. The number of hydrogen-bond donors (Lipinski definition) is 1. The summed E-state index contributed by atoms with van der Waals surface area (Å²) in [6.45, 7) is 5.75. The van der Waals surface area contributed by atoms with Crippen LogP contribution in [0.4, 0.5) is 4.39 Å². The molecule has 4 aromatic rings. The van der Waals surface area contributed by atoms with Crippen LogP contribution in [0.1, 0.15) is 50.9 Å². The molecule has 0 radical (unpaired) electrons. The van der Waals surface area contributed by atoms with E-state index in [9.17, 15) is 9.18 Å². The molecule has 0 bridgehead atoms. The van der Waals surface area contributed by atoms with Gasteiger partial charge in [0.15, 0.2) is 5.69 Å². The van der Waals surface area contributed by atoms with Crippen LogP contribution in [0.2, 0.25) is 0 Å². The SMILES string of the molecule is Cc1ccsc1CN(Cc1ccc(F)cc1)Cc1nc(C(=O)N[C@@H](C)c2ccccc2)co1. The minimum atomic E-state index is -0.277. The summed E-state index contributed by atoms with van der Waals surface area (Å²) in [4.78, 5) is 20.5. The molecule has 0 aliphatic heterocycles. The number of aryl methyl sites for hydroxylation is 1. The van der Waals surface area contributed by atoms with Crippen LogP contribution in [0.5, 0.6) is 0 Å². The first kappa shape index (κ1) is 22.9. The van der Waals surface area contributed by atoms with Crippen molar-refractivity contribution >= 4 is 17.2 Å². The predicted octanol–water partition coefficient (Wildman–Crippen LogP) is 5.88. The largest absolute Gasteiger partial charge is 0.447 e. The zero-order valence-electron chi connectivity index (χ0n) is 18.6. The molecule has 0 spiro atoms. The van der Waals surface area contributed by atoms with Gasteiger partial charge < -0.3 is 9.73 Å². The van der Waals surface area contributed by atoms with Gasteiger partial charge in [-0.3, -0.25) is 9.69 Å². The van der Waals surface area contributed by atoms with Gasteiger partial charge in [-0.15, -0.1) is 11.3 Å². The van der Waals surface area contributed by atoms with Gasteiger partial charge in [0.1, 0.15) is 12.1 Å². The minimum absolute atomic E-state index is 0.143. The van der Waals surface area contributed by atoms with E-state index in [1.807, 2.05) is 37.3 Å². The molecule has 7 heteroatoms. The minimum Gasteiger partial charge on any atom is -0.447 e. The van der Waals surface area contributed by atoms with E-state index in [1.165, 1.54) is 28.8 Å². The fourth-order valence-electron chi connectivity index (χ4n) is 3.56. The third-order valence-corrected chi connectivity index (χ3v) is 6.45. The number of amides is 1. The Kier molecular flexibility index (Phi) is 7.32. The van der Waals surface area contributed by atoms with Crippen molar-refractivity contribution in [1.29, 1.82) is 0 Å². The van der Waals surface area contributed by atoms with Crippen molar-refractivity contribution in [3.8, 4) is 0 Å². The van der Waals surface area contributed by atoms with Crippen LogP contribution in [0.3, 0.4) is 0 Å². The number of nitrogens with one attached hydrogen (secondary N) is 1.